The quantitative estimate of drug-likeness (QED) is 0.516. The van der Waals surface area contributed by atoms with Crippen LogP contribution in [0.3, 0.4) is 0 Å². The van der Waals surface area contributed by atoms with Gasteiger partial charge in [0, 0.05) is 35.9 Å². The van der Waals surface area contributed by atoms with Crippen molar-refractivity contribution in [3.05, 3.63) is 64.4 Å². The third-order valence-corrected chi connectivity index (χ3v) is 7.22. The second-order valence-electron chi connectivity index (χ2n) is 6.46. The topological polar surface area (TPSA) is 91.3 Å². The molecular weight excluding hydrogens is 503 g/mol. The molecule has 1 aliphatic heterocycles. The van der Waals surface area contributed by atoms with Gasteiger partial charge in [0.2, 0.25) is 10.0 Å². The molecule has 0 radical (unpaired) electrons. The Labute approximate surface area is 183 Å². The summed E-state index contributed by atoms with van der Waals surface area (Å²) in [4.78, 5) is 6.56. The first kappa shape index (κ1) is 20.0. The Morgan fingerprint density at radius 1 is 0.862 bits per heavy atom. The molecule has 0 spiro atoms. The van der Waals surface area contributed by atoms with Gasteiger partial charge in [-0.1, -0.05) is 6.07 Å². The molecule has 0 bridgehead atoms. The summed E-state index contributed by atoms with van der Waals surface area (Å²) in [6.07, 6.45) is 1.70. The fourth-order valence-corrected chi connectivity index (χ4v) is 4.82. The van der Waals surface area contributed by atoms with Crippen LogP contribution in [0.2, 0.25) is 0 Å². The summed E-state index contributed by atoms with van der Waals surface area (Å²) in [5.41, 5.74) is 0. The molecule has 4 rings (SSSR count). The van der Waals surface area contributed by atoms with Crippen LogP contribution in [0.25, 0.3) is 0 Å². The highest BCUT2D eigenvalue weighted by molar-refractivity contribution is 14.1. The molecule has 3 aromatic rings. The van der Waals surface area contributed by atoms with Crippen LogP contribution in [0.1, 0.15) is 0 Å². The van der Waals surface area contributed by atoms with Crippen molar-refractivity contribution >= 4 is 50.1 Å². The second kappa shape index (κ2) is 8.59. The molecular formula is C19H19IN6O2S. The minimum absolute atomic E-state index is 0.330. The third-order valence-electron chi connectivity index (χ3n) is 4.59. The van der Waals surface area contributed by atoms with E-state index in [0.29, 0.717) is 42.7 Å². The van der Waals surface area contributed by atoms with E-state index in [9.17, 15) is 8.42 Å². The summed E-state index contributed by atoms with van der Waals surface area (Å²) in [6, 6.07) is 16.2. The van der Waals surface area contributed by atoms with Crippen molar-refractivity contribution in [3.8, 4) is 0 Å². The van der Waals surface area contributed by atoms with Gasteiger partial charge >= 0.3 is 0 Å². The molecule has 10 heteroatoms. The van der Waals surface area contributed by atoms with Gasteiger partial charge in [-0.25, -0.2) is 13.4 Å². The summed E-state index contributed by atoms with van der Waals surface area (Å²) in [6.45, 7) is 1.93. The lowest BCUT2D eigenvalue weighted by Gasteiger charge is -2.34. The molecule has 150 valence electrons. The Morgan fingerprint density at radius 3 is 2.24 bits per heavy atom. The van der Waals surface area contributed by atoms with Gasteiger partial charge in [-0.2, -0.15) is 4.31 Å². The van der Waals surface area contributed by atoms with Gasteiger partial charge in [-0.05, 0) is 71.1 Å². The predicted molar refractivity (Wildman–Crippen MR) is 120 cm³/mol. The van der Waals surface area contributed by atoms with Crippen molar-refractivity contribution in [2.24, 2.45) is 0 Å². The molecule has 0 atom stereocenters. The highest BCUT2D eigenvalue weighted by Crippen LogP contribution is 2.21. The van der Waals surface area contributed by atoms with E-state index in [1.54, 1.807) is 30.5 Å². The Bertz CT molecular complexity index is 1050. The summed E-state index contributed by atoms with van der Waals surface area (Å²) >= 11 is 2.16. The van der Waals surface area contributed by atoms with E-state index in [4.69, 9.17) is 0 Å². The van der Waals surface area contributed by atoms with Crippen LogP contribution in [0.5, 0.6) is 0 Å². The zero-order valence-corrected chi connectivity index (χ0v) is 18.4. The van der Waals surface area contributed by atoms with E-state index < -0.39 is 10.0 Å². The van der Waals surface area contributed by atoms with Crippen LogP contribution >= 0.6 is 22.6 Å². The molecule has 0 unspecified atom stereocenters. The van der Waals surface area contributed by atoms with Gasteiger partial charge in [-0.3, -0.25) is 0 Å². The van der Waals surface area contributed by atoms with E-state index >= 15 is 0 Å². The number of hydrogen-bond acceptors (Lipinski definition) is 7. The van der Waals surface area contributed by atoms with Crippen LogP contribution in [0, 0.1) is 3.57 Å². The first-order chi connectivity index (χ1) is 14.0. The van der Waals surface area contributed by atoms with E-state index in [1.165, 1.54) is 4.31 Å². The van der Waals surface area contributed by atoms with E-state index in [0.717, 1.165) is 9.39 Å². The molecule has 1 saturated heterocycles. The lowest BCUT2D eigenvalue weighted by atomic mass is 10.3. The average Bonchev–Trinajstić information content (AvgIpc) is 2.75. The van der Waals surface area contributed by atoms with Crippen molar-refractivity contribution < 1.29 is 8.42 Å². The molecule has 1 aromatic carbocycles. The van der Waals surface area contributed by atoms with E-state index in [2.05, 4.69) is 43.1 Å². The number of nitrogens with one attached hydrogen (secondary N) is 1. The lowest BCUT2D eigenvalue weighted by molar-refractivity contribution is 0.383. The smallest absolute Gasteiger partial charge is 0.243 e. The number of sulfonamides is 1. The molecule has 0 amide bonds. The number of hydrogen-bond donors (Lipinski definition) is 1. The number of halogens is 1. The maximum atomic E-state index is 12.8. The molecule has 1 aliphatic rings. The number of pyridine rings is 1. The highest BCUT2D eigenvalue weighted by atomic mass is 127. The van der Waals surface area contributed by atoms with Crippen molar-refractivity contribution in [3.63, 3.8) is 0 Å². The monoisotopic (exact) mass is 522 g/mol. The molecule has 2 aromatic heterocycles. The number of nitrogens with zero attached hydrogens (tertiary/aromatic N) is 5. The molecule has 1 N–H and O–H groups in total. The number of anilines is 3. The fourth-order valence-electron chi connectivity index (χ4n) is 3.04. The van der Waals surface area contributed by atoms with Crippen LogP contribution in [-0.4, -0.2) is 54.1 Å². The first-order valence-electron chi connectivity index (χ1n) is 9.05. The van der Waals surface area contributed by atoms with Crippen LogP contribution in [0.15, 0.2) is 65.7 Å². The zero-order chi connectivity index (χ0) is 20.3. The summed E-state index contributed by atoms with van der Waals surface area (Å²) in [7, 11) is -3.48. The summed E-state index contributed by atoms with van der Waals surface area (Å²) < 4.78 is 28.2. The summed E-state index contributed by atoms with van der Waals surface area (Å²) in [5.74, 6) is 2.03. The van der Waals surface area contributed by atoms with Gasteiger partial charge in [0.15, 0.2) is 11.6 Å². The van der Waals surface area contributed by atoms with Gasteiger partial charge in [-0.15, -0.1) is 10.2 Å². The molecule has 0 aliphatic carbocycles. The molecule has 8 nitrogen and oxygen atoms in total. The van der Waals surface area contributed by atoms with Crippen molar-refractivity contribution in [1.29, 1.82) is 0 Å². The second-order valence-corrected chi connectivity index (χ2v) is 9.65. The Balaban J connectivity index is 1.38. The molecule has 29 heavy (non-hydrogen) atoms. The van der Waals surface area contributed by atoms with Gasteiger partial charge in [0.1, 0.15) is 5.82 Å². The maximum absolute atomic E-state index is 12.8. The third kappa shape index (κ3) is 4.65. The van der Waals surface area contributed by atoms with Gasteiger partial charge < -0.3 is 10.2 Å². The Morgan fingerprint density at radius 2 is 1.62 bits per heavy atom. The minimum atomic E-state index is -3.48. The standard InChI is InChI=1S/C19H19IN6O2S/c20-15-4-6-16(7-5-15)29(27,28)26-13-11-25(12-14-26)19-9-8-18(23-24-19)22-17-3-1-2-10-21-17/h1-10H,11-14H2,(H,21,22,23). The first-order valence-corrected chi connectivity index (χ1v) is 11.6. The normalized spacial score (nSPS) is 15.3. The fraction of sp³-hybridized carbons (Fsp3) is 0.211. The zero-order valence-electron chi connectivity index (χ0n) is 15.4. The minimum Gasteiger partial charge on any atom is -0.352 e. The number of benzene rings is 1. The van der Waals surface area contributed by atoms with Crippen LogP contribution in [0.4, 0.5) is 17.5 Å². The highest BCUT2D eigenvalue weighted by Gasteiger charge is 2.29. The largest absolute Gasteiger partial charge is 0.352 e. The van der Waals surface area contributed by atoms with Gasteiger partial charge in [0.05, 0.1) is 4.90 Å². The SMILES string of the molecule is O=S(=O)(c1ccc(I)cc1)N1CCN(c2ccc(Nc3ccccn3)nn2)CC1. The Hall–Kier alpha value is -2.31. The van der Waals surface area contributed by atoms with E-state index in [1.807, 2.05) is 35.2 Å². The molecule has 3 heterocycles. The number of rotatable bonds is 5. The average molecular weight is 522 g/mol. The number of piperazine rings is 1. The summed E-state index contributed by atoms with van der Waals surface area (Å²) in [5, 5.41) is 11.6. The van der Waals surface area contributed by atoms with Gasteiger partial charge in [0.25, 0.3) is 0 Å². The predicted octanol–water partition coefficient (Wildman–Crippen LogP) is 2.73. The lowest BCUT2D eigenvalue weighted by Crippen LogP contribution is -2.49. The molecule has 0 saturated carbocycles. The molecule has 1 fully saturated rings. The van der Waals surface area contributed by atoms with E-state index in [-0.39, 0.29) is 0 Å². The van der Waals surface area contributed by atoms with Crippen molar-refractivity contribution in [2.75, 3.05) is 36.4 Å². The maximum Gasteiger partial charge on any atom is 0.243 e. The Kier molecular flexibility index (Phi) is 5.92. The van der Waals surface area contributed by atoms with Crippen molar-refractivity contribution in [2.45, 2.75) is 4.90 Å². The van der Waals surface area contributed by atoms with Crippen LogP contribution < -0.4 is 10.2 Å². The van der Waals surface area contributed by atoms with Crippen molar-refractivity contribution in [1.82, 2.24) is 19.5 Å². The van der Waals surface area contributed by atoms with Crippen LogP contribution in [-0.2, 0) is 10.0 Å². The number of aromatic nitrogens is 3.